The van der Waals surface area contributed by atoms with Crippen LogP contribution in [-0.4, -0.2) is 33.0 Å². The average molecular weight is 492 g/mol. The number of carbonyl (C=O) groups excluding carboxylic acids is 1. The Balaban J connectivity index is 1.79. The van der Waals surface area contributed by atoms with E-state index in [0.717, 1.165) is 0 Å². The number of methoxy groups -OCH3 is 1. The van der Waals surface area contributed by atoms with Gasteiger partial charge in [0.05, 0.1) is 30.5 Å². The first-order chi connectivity index (χ1) is 15.0. The predicted molar refractivity (Wildman–Crippen MR) is 118 cm³/mol. The van der Waals surface area contributed by atoms with Gasteiger partial charge in [0.2, 0.25) is 0 Å². The largest absolute Gasteiger partial charge is 0.496 e. The molecule has 1 aromatic carbocycles. The molecule has 3 aromatic heterocycles. The molecule has 4 rings (SSSR count). The van der Waals surface area contributed by atoms with Crippen LogP contribution in [0.25, 0.3) is 26.4 Å². The molecule has 31 heavy (non-hydrogen) atoms. The number of fused-ring (bicyclic) bond motifs is 1. The van der Waals surface area contributed by atoms with E-state index < -0.39 is 5.91 Å². The smallest absolute Gasteiger partial charge is 0.270 e. The molecule has 150 valence electrons. The average Bonchev–Trinajstić information content (AvgIpc) is 3.19. The van der Waals surface area contributed by atoms with Gasteiger partial charge in [-0.25, -0.2) is 9.97 Å². The van der Waals surface area contributed by atoms with Gasteiger partial charge in [-0.1, -0.05) is 17.9 Å². The van der Waals surface area contributed by atoms with E-state index in [2.05, 4.69) is 52.1 Å². The normalized spacial score (nSPS) is 10.3. The summed E-state index contributed by atoms with van der Waals surface area (Å²) in [5.41, 5.74) is 1.90. The number of benzene rings is 1. The Bertz CT molecular complexity index is 1420. The van der Waals surface area contributed by atoms with Crippen molar-refractivity contribution in [2.45, 2.75) is 0 Å². The molecule has 1 amide bonds. The maximum atomic E-state index is 13.1. The summed E-state index contributed by atoms with van der Waals surface area (Å²) in [6, 6.07) is 8.40. The van der Waals surface area contributed by atoms with Crippen LogP contribution in [0.15, 0.2) is 41.3 Å². The summed E-state index contributed by atoms with van der Waals surface area (Å²) in [6.45, 7) is 7.27. The molecule has 9 nitrogen and oxygen atoms in total. The summed E-state index contributed by atoms with van der Waals surface area (Å²) < 4.78 is 5.97. The van der Waals surface area contributed by atoms with E-state index in [1.165, 1.54) is 36.9 Å². The Labute approximate surface area is 188 Å². The van der Waals surface area contributed by atoms with Crippen molar-refractivity contribution in [2.75, 3.05) is 12.4 Å². The van der Waals surface area contributed by atoms with Gasteiger partial charge in [0.1, 0.15) is 16.5 Å². The number of halogens is 1. The molecule has 0 aliphatic rings. The maximum Gasteiger partial charge on any atom is 0.270 e. The molecule has 0 saturated carbocycles. The molecule has 1 N–H and O–H groups in total. The van der Waals surface area contributed by atoms with Crippen LogP contribution < -0.4 is 10.1 Å². The number of anilines is 1. The van der Waals surface area contributed by atoms with Crippen molar-refractivity contribution in [3.05, 3.63) is 63.8 Å². The Morgan fingerprint density at radius 1 is 1.26 bits per heavy atom. The number of nitrogens with zero attached hydrogens (tertiary/aromatic N) is 6. The minimum Gasteiger partial charge on any atom is -0.496 e. The zero-order valence-corrected chi connectivity index (χ0v) is 18.2. The van der Waals surface area contributed by atoms with Crippen molar-refractivity contribution in [3.8, 4) is 22.9 Å². The van der Waals surface area contributed by atoms with Crippen LogP contribution in [0.1, 0.15) is 15.9 Å². The van der Waals surface area contributed by atoms with E-state index in [9.17, 15) is 10.1 Å². The van der Waals surface area contributed by atoms with Gasteiger partial charge in [0, 0.05) is 5.56 Å². The molecule has 0 fully saturated rings. The third-order valence-corrected chi connectivity index (χ3v) is 5.42. The van der Waals surface area contributed by atoms with Crippen molar-refractivity contribution in [1.82, 2.24) is 19.9 Å². The van der Waals surface area contributed by atoms with Gasteiger partial charge in [-0.05, 0) is 45.8 Å². The molecule has 0 atom stereocenters. The number of hydrogen-bond donors (Lipinski definition) is 1. The predicted octanol–water partition coefficient (Wildman–Crippen LogP) is 4.59. The molecule has 3 heterocycles. The fraction of sp³-hybridized carbons (Fsp3) is 0.0500. The highest BCUT2D eigenvalue weighted by atomic mass is 79.9. The van der Waals surface area contributed by atoms with Gasteiger partial charge in [-0.2, -0.15) is 10.2 Å². The first-order valence-corrected chi connectivity index (χ1v) is 10.2. The minimum absolute atomic E-state index is 0.106. The van der Waals surface area contributed by atoms with Crippen LogP contribution in [0.5, 0.6) is 5.75 Å². The second-order valence-electron chi connectivity index (χ2n) is 6.02. The SMILES string of the molecule is [C-]#[N+]c1cc(-c2cc(C#N)ccc2OC)c(C(=O)Nc2nc3ncc(Br)nc3s2)cn1. The van der Waals surface area contributed by atoms with E-state index in [4.69, 9.17) is 11.3 Å². The van der Waals surface area contributed by atoms with Crippen LogP contribution in [-0.2, 0) is 0 Å². The standard InChI is InChI=1S/C20H10BrN7O2S/c1-23-16-6-11(12-5-10(7-22)3-4-14(12)30-2)13(8-24-16)18(29)28-20-27-17-19(31-20)26-15(21)9-25-17/h3-6,8-9H,2H3,(H,25,27,28,29). The number of carbonyl (C=O) groups is 1. The molecule has 0 saturated heterocycles. The van der Waals surface area contributed by atoms with Gasteiger partial charge in [-0.15, -0.1) is 4.98 Å². The number of aromatic nitrogens is 4. The third-order valence-electron chi connectivity index (χ3n) is 4.18. The topological polar surface area (TPSA) is 118 Å². The van der Waals surface area contributed by atoms with E-state index >= 15 is 0 Å². The molecule has 0 aliphatic heterocycles. The maximum absolute atomic E-state index is 13.1. The quantitative estimate of drug-likeness (QED) is 0.414. The lowest BCUT2D eigenvalue weighted by Crippen LogP contribution is -2.13. The number of nitrogens with one attached hydrogen (secondary N) is 1. The second kappa shape index (κ2) is 8.44. The van der Waals surface area contributed by atoms with Crippen LogP contribution in [0.3, 0.4) is 0 Å². The minimum atomic E-state index is -0.485. The number of pyridine rings is 1. The fourth-order valence-corrected chi connectivity index (χ4v) is 4.01. The number of nitriles is 1. The third kappa shape index (κ3) is 4.05. The number of thiazole rings is 1. The Morgan fingerprint density at radius 3 is 2.84 bits per heavy atom. The number of rotatable bonds is 4. The van der Waals surface area contributed by atoms with Gasteiger partial charge >= 0.3 is 0 Å². The first kappa shape index (κ1) is 20.3. The molecule has 0 bridgehead atoms. The van der Waals surface area contributed by atoms with Crippen molar-refractivity contribution < 1.29 is 9.53 Å². The van der Waals surface area contributed by atoms with E-state index in [-0.39, 0.29) is 11.4 Å². The molecular weight excluding hydrogens is 482 g/mol. The molecule has 0 aliphatic carbocycles. The Kier molecular flexibility index (Phi) is 5.54. The summed E-state index contributed by atoms with van der Waals surface area (Å²) in [4.78, 5) is 33.7. The highest BCUT2D eigenvalue weighted by molar-refractivity contribution is 9.10. The first-order valence-electron chi connectivity index (χ1n) is 8.59. The van der Waals surface area contributed by atoms with Gasteiger partial charge < -0.3 is 9.58 Å². The summed E-state index contributed by atoms with van der Waals surface area (Å²) in [6.07, 6.45) is 2.84. The number of ether oxygens (including phenoxy) is 1. The van der Waals surface area contributed by atoms with Crippen molar-refractivity contribution in [1.29, 1.82) is 5.26 Å². The van der Waals surface area contributed by atoms with Crippen LogP contribution in [0, 0.1) is 17.9 Å². The monoisotopic (exact) mass is 491 g/mol. The summed E-state index contributed by atoms with van der Waals surface area (Å²) in [5.74, 6) is 0.0733. The van der Waals surface area contributed by atoms with E-state index in [1.54, 1.807) is 18.2 Å². The van der Waals surface area contributed by atoms with Crippen LogP contribution >= 0.6 is 27.3 Å². The van der Waals surface area contributed by atoms with E-state index in [0.29, 0.717) is 42.7 Å². The van der Waals surface area contributed by atoms with Crippen molar-refractivity contribution in [3.63, 3.8) is 0 Å². The molecule has 0 radical (unpaired) electrons. The lowest BCUT2D eigenvalue weighted by molar-refractivity contribution is 0.102. The van der Waals surface area contributed by atoms with Gasteiger partial charge in [0.25, 0.3) is 11.7 Å². The fourth-order valence-electron chi connectivity index (χ4n) is 2.82. The molecule has 0 unspecified atom stereocenters. The van der Waals surface area contributed by atoms with Crippen molar-refractivity contribution in [2.24, 2.45) is 0 Å². The molecular formula is C20H10BrN7O2S. The zero-order chi connectivity index (χ0) is 22.0. The number of amides is 1. The van der Waals surface area contributed by atoms with E-state index in [1.807, 2.05) is 0 Å². The van der Waals surface area contributed by atoms with Crippen molar-refractivity contribution >= 4 is 54.6 Å². The second-order valence-corrected chi connectivity index (χ2v) is 7.81. The van der Waals surface area contributed by atoms with Gasteiger partial charge in [0.15, 0.2) is 15.6 Å². The summed E-state index contributed by atoms with van der Waals surface area (Å²) in [7, 11) is 1.49. The Hall–Kier alpha value is -3.93. The summed E-state index contributed by atoms with van der Waals surface area (Å²) in [5, 5.41) is 12.3. The molecule has 4 aromatic rings. The van der Waals surface area contributed by atoms with Gasteiger partial charge in [-0.3, -0.25) is 10.1 Å². The molecule has 11 heteroatoms. The lowest BCUT2D eigenvalue weighted by Gasteiger charge is -2.12. The number of hydrogen-bond acceptors (Lipinski definition) is 8. The van der Waals surface area contributed by atoms with Crippen LogP contribution in [0.2, 0.25) is 0 Å². The highest BCUT2D eigenvalue weighted by Crippen LogP contribution is 2.35. The molecule has 0 spiro atoms. The van der Waals surface area contributed by atoms with Crippen LogP contribution in [0.4, 0.5) is 10.9 Å². The summed E-state index contributed by atoms with van der Waals surface area (Å²) >= 11 is 4.43. The lowest BCUT2D eigenvalue weighted by atomic mass is 9.98. The highest BCUT2D eigenvalue weighted by Gasteiger charge is 2.21. The zero-order valence-electron chi connectivity index (χ0n) is 15.8. The Morgan fingerprint density at radius 2 is 2.10 bits per heavy atom.